The number of morpholine rings is 1. The average molecular weight is 378 g/mol. The molecule has 1 heterocycles. The summed E-state index contributed by atoms with van der Waals surface area (Å²) in [5.74, 6) is -1.35. The number of carboxylic acid groups (broad SMARTS) is 1. The molecule has 8 heteroatoms. The third kappa shape index (κ3) is 4.26. The van der Waals surface area contributed by atoms with Crippen molar-refractivity contribution < 1.29 is 23.1 Å². The molecule has 1 N–H and O–H groups in total. The molecule has 0 amide bonds. The zero-order chi connectivity index (χ0) is 15.5. The number of ether oxygens (including phenoxy) is 1. The molecule has 1 aromatic carbocycles. The second-order valence-electron chi connectivity index (χ2n) is 4.72. The Hall–Kier alpha value is -0.960. The summed E-state index contributed by atoms with van der Waals surface area (Å²) >= 11 is 3.18. The Morgan fingerprint density at radius 2 is 2.00 bits per heavy atom. The molecule has 0 saturated carbocycles. The Morgan fingerprint density at radius 3 is 2.62 bits per heavy atom. The third-order valence-corrected chi connectivity index (χ3v) is 5.51. The molecule has 0 radical (unpaired) electrons. The van der Waals surface area contributed by atoms with E-state index < -0.39 is 15.8 Å². The fourth-order valence-corrected chi connectivity index (χ4v) is 4.14. The first-order valence-electron chi connectivity index (χ1n) is 6.46. The van der Waals surface area contributed by atoms with Gasteiger partial charge in [0.1, 0.15) is 0 Å². The number of hydrogen-bond donors (Lipinski definition) is 1. The number of carboxylic acids is 1. The maximum absolute atomic E-state index is 12.4. The summed E-state index contributed by atoms with van der Waals surface area (Å²) in [4.78, 5) is 13.0. The Balaban J connectivity index is 2.18. The van der Waals surface area contributed by atoms with Gasteiger partial charge in [0.15, 0.2) is 9.84 Å². The van der Waals surface area contributed by atoms with Crippen LogP contribution >= 0.6 is 15.9 Å². The van der Waals surface area contributed by atoms with Gasteiger partial charge in [-0.15, -0.1) is 0 Å². The van der Waals surface area contributed by atoms with Gasteiger partial charge in [-0.3, -0.25) is 4.90 Å². The van der Waals surface area contributed by atoms with E-state index in [9.17, 15) is 13.2 Å². The predicted molar refractivity (Wildman–Crippen MR) is 80.4 cm³/mol. The van der Waals surface area contributed by atoms with Crippen LogP contribution in [-0.4, -0.2) is 63.0 Å². The lowest BCUT2D eigenvalue weighted by molar-refractivity contribution is 0.0408. The lowest BCUT2D eigenvalue weighted by Crippen LogP contribution is -2.39. The highest BCUT2D eigenvalue weighted by atomic mass is 79.9. The SMILES string of the molecule is O=C(O)c1ccc(Br)cc1S(=O)(=O)CCN1CCOCC1. The van der Waals surface area contributed by atoms with Crippen LogP contribution in [-0.2, 0) is 14.6 Å². The van der Waals surface area contributed by atoms with Crippen LogP contribution in [0.2, 0.25) is 0 Å². The maximum Gasteiger partial charge on any atom is 0.337 e. The van der Waals surface area contributed by atoms with Crippen LogP contribution < -0.4 is 0 Å². The summed E-state index contributed by atoms with van der Waals surface area (Å²) in [5, 5.41) is 9.13. The first-order valence-corrected chi connectivity index (χ1v) is 8.90. The number of benzene rings is 1. The van der Waals surface area contributed by atoms with Gasteiger partial charge in [-0.1, -0.05) is 15.9 Å². The minimum atomic E-state index is -3.65. The molecule has 1 aliphatic heterocycles. The molecule has 0 aliphatic carbocycles. The predicted octanol–water partition coefficient (Wildman–Crippen LogP) is 1.25. The van der Waals surface area contributed by atoms with Crippen LogP contribution in [0, 0.1) is 0 Å². The van der Waals surface area contributed by atoms with E-state index >= 15 is 0 Å². The van der Waals surface area contributed by atoms with Gasteiger partial charge in [0, 0.05) is 24.1 Å². The van der Waals surface area contributed by atoms with Crippen molar-refractivity contribution in [2.75, 3.05) is 38.6 Å². The van der Waals surface area contributed by atoms with Gasteiger partial charge < -0.3 is 9.84 Å². The third-order valence-electron chi connectivity index (χ3n) is 3.29. The molecule has 116 valence electrons. The van der Waals surface area contributed by atoms with E-state index in [1.165, 1.54) is 18.2 Å². The highest BCUT2D eigenvalue weighted by Crippen LogP contribution is 2.22. The van der Waals surface area contributed by atoms with E-state index in [-0.39, 0.29) is 16.2 Å². The van der Waals surface area contributed by atoms with Gasteiger partial charge >= 0.3 is 5.97 Å². The van der Waals surface area contributed by atoms with Crippen molar-refractivity contribution in [2.45, 2.75) is 4.90 Å². The van der Waals surface area contributed by atoms with Gasteiger partial charge in [-0.25, -0.2) is 13.2 Å². The maximum atomic E-state index is 12.4. The fourth-order valence-electron chi connectivity index (χ4n) is 2.11. The van der Waals surface area contributed by atoms with Crippen molar-refractivity contribution in [3.05, 3.63) is 28.2 Å². The van der Waals surface area contributed by atoms with Gasteiger partial charge in [0.2, 0.25) is 0 Å². The van der Waals surface area contributed by atoms with E-state index in [1.807, 2.05) is 4.90 Å². The van der Waals surface area contributed by atoms with Gasteiger partial charge in [0.25, 0.3) is 0 Å². The zero-order valence-electron chi connectivity index (χ0n) is 11.3. The Morgan fingerprint density at radius 1 is 1.33 bits per heavy atom. The topological polar surface area (TPSA) is 83.9 Å². The molecule has 1 aliphatic rings. The van der Waals surface area contributed by atoms with Crippen molar-refractivity contribution >= 4 is 31.7 Å². The number of nitrogens with zero attached hydrogens (tertiary/aromatic N) is 1. The van der Waals surface area contributed by atoms with Crippen molar-refractivity contribution in [3.63, 3.8) is 0 Å². The van der Waals surface area contributed by atoms with Crippen LogP contribution in [0.4, 0.5) is 0 Å². The molecule has 1 saturated heterocycles. The lowest BCUT2D eigenvalue weighted by Gasteiger charge is -2.26. The van der Waals surface area contributed by atoms with Gasteiger partial charge in [-0.2, -0.15) is 0 Å². The summed E-state index contributed by atoms with van der Waals surface area (Å²) in [6.07, 6.45) is 0. The molecule has 0 atom stereocenters. The molecule has 2 rings (SSSR count). The Labute approximate surface area is 131 Å². The summed E-state index contributed by atoms with van der Waals surface area (Å²) in [6.45, 7) is 2.95. The molecule has 0 spiro atoms. The number of halogens is 1. The zero-order valence-corrected chi connectivity index (χ0v) is 13.7. The summed E-state index contributed by atoms with van der Waals surface area (Å²) in [6, 6.07) is 4.16. The van der Waals surface area contributed by atoms with Crippen molar-refractivity contribution in [1.82, 2.24) is 4.90 Å². The van der Waals surface area contributed by atoms with E-state index in [1.54, 1.807) is 0 Å². The van der Waals surface area contributed by atoms with Gasteiger partial charge in [0.05, 0.1) is 29.4 Å². The first kappa shape index (κ1) is 16.4. The van der Waals surface area contributed by atoms with E-state index in [4.69, 9.17) is 9.84 Å². The molecule has 21 heavy (non-hydrogen) atoms. The second-order valence-corrected chi connectivity index (χ2v) is 7.71. The minimum Gasteiger partial charge on any atom is -0.478 e. The van der Waals surface area contributed by atoms with Crippen LogP contribution in [0.25, 0.3) is 0 Å². The number of carbonyl (C=O) groups is 1. The number of rotatable bonds is 5. The largest absolute Gasteiger partial charge is 0.478 e. The molecule has 1 fully saturated rings. The average Bonchev–Trinajstić information content (AvgIpc) is 2.46. The van der Waals surface area contributed by atoms with Crippen LogP contribution in [0.3, 0.4) is 0 Å². The van der Waals surface area contributed by atoms with Gasteiger partial charge in [-0.05, 0) is 18.2 Å². The van der Waals surface area contributed by atoms with Crippen LogP contribution in [0.15, 0.2) is 27.6 Å². The Kier molecular flexibility index (Phi) is 5.37. The van der Waals surface area contributed by atoms with Crippen molar-refractivity contribution in [3.8, 4) is 0 Å². The smallest absolute Gasteiger partial charge is 0.337 e. The second kappa shape index (κ2) is 6.87. The normalized spacial score (nSPS) is 16.8. The highest BCUT2D eigenvalue weighted by Gasteiger charge is 2.24. The number of sulfone groups is 1. The van der Waals surface area contributed by atoms with Crippen LogP contribution in [0.1, 0.15) is 10.4 Å². The molecule has 1 aromatic rings. The fraction of sp³-hybridized carbons (Fsp3) is 0.462. The number of hydrogen-bond acceptors (Lipinski definition) is 5. The standard InChI is InChI=1S/C13H16BrNO5S/c14-10-1-2-11(13(16)17)12(9-10)21(18,19)8-5-15-3-6-20-7-4-15/h1-2,9H,3-8H2,(H,16,17). The summed E-state index contributed by atoms with van der Waals surface area (Å²) in [7, 11) is -3.65. The number of aromatic carboxylic acids is 1. The molecule has 0 bridgehead atoms. The van der Waals surface area contributed by atoms with Crippen molar-refractivity contribution in [2.24, 2.45) is 0 Å². The molecule has 6 nitrogen and oxygen atoms in total. The van der Waals surface area contributed by atoms with E-state index in [0.29, 0.717) is 37.3 Å². The minimum absolute atomic E-state index is 0.107. The lowest BCUT2D eigenvalue weighted by atomic mass is 10.2. The monoisotopic (exact) mass is 377 g/mol. The van der Waals surface area contributed by atoms with Crippen molar-refractivity contribution in [1.29, 1.82) is 0 Å². The molecule has 0 unspecified atom stereocenters. The first-order chi connectivity index (χ1) is 9.90. The molecule has 0 aromatic heterocycles. The quantitative estimate of drug-likeness (QED) is 0.831. The molecular weight excluding hydrogens is 362 g/mol. The Bertz CT molecular complexity index is 625. The molecular formula is C13H16BrNO5S. The van der Waals surface area contributed by atoms with E-state index in [2.05, 4.69) is 15.9 Å². The van der Waals surface area contributed by atoms with E-state index in [0.717, 1.165) is 0 Å². The summed E-state index contributed by atoms with van der Waals surface area (Å²) < 4.78 is 30.6. The van der Waals surface area contributed by atoms with Crippen LogP contribution in [0.5, 0.6) is 0 Å². The summed E-state index contributed by atoms with van der Waals surface area (Å²) in [5.41, 5.74) is -0.194. The highest BCUT2D eigenvalue weighted by molar-refractivity contribution is 9.10.